The summed E-state index contributed by atoms with van der Waals surface area (Å²) in [6.07, 6.45) is 6.10. The van der Waals surface area contributed by atoms with Crippen molar-refractivity contribution in [1.82, 2.24) is 0 Å². The highest BCUT2D eigenvalue weighted by Gasteiger charge is 2.32. The van der Waals surface area contributed by atoms with Gasteiger partial charge in [0.1, 0.15) is 0 Å². The molecule has 1 heterocycles. The molecule has 1 fully saturated rings. The average Bonchev–Trinajstić information content (AvgIpc) is 2.51. The number of carbonyl (C=O) groups excluding carboxylic acids is 1. The Morgan fingerprint density at radius 1 is 1.62 bits per heavy atom. The monoisotopic (exact) mass is 181 g/mol. The van der Waals surface area contributed by atoms with E-state index in [1.807, 2.05) is 6.08 Å². The Balaban J connectivity index is 1.94. The van der Waals surface area contributed by atoms with Crippen molar-refractivity contribution >= 4 is 5.78 Å². The zero-order valence-corrected chi connectivity index (χ0v) is 7.66. The van der Waals surface area contributed by atoms with Crippen molar-refractivity contribution in [2.24, 2.45) is 11.7 Å². The van der Waals surface area contributed by atoms with Gasteiger partial charge >= 0.3 is 0 Å². The molecule has 0 aromatic carbocycles. The van der Waals surface area contributed by atoms with Crippen molar-refractivity contribution in [3.63, 3.8) is 0 Å². The lowest BCUT2D eigenvalue weighted by Gasteiger charge is -2.30. The van der Waals surface area contributed by atoms with E-state index >= 15 is 0 Å². The van der Waals surface area contributed by atoms with Crippen LogP contribution < -0.4 is 5.73 Å². The second kappa shape index (κ2) is 3.50. The van der Waals surface area contributed by atoms with E-state index in [4.69, 9.17) is 10.5 Å². The summed E-state index contributed by atoms with van der Waals surface area (Å²) in [6.45, 7) is 0.637. The molecule has 0 spiro atoms. The first-order valence-corrected chi connectivity index (χ1v) is 4.92. The van der Waals surface area contributed by atoms with E-state index in [-0.39, 0.29) is 11.8 Å². The van der Waals surface area contributed by atoms with Gasteiger partial charge < -0.3 is 10.5 Å². The summed E-state index contributed by atoms with van der Waals surface area (Å²) in [5, 5.41) is 0. The third-order valence-electron chi connectivity index (χ3n) is 2.91. The Morgan fingerprint density at radius 3 is 2.85 bits per heavy atom. The van der Waals surface area contributed by atoms with Crippen molar-refractivity contribution < 1.29 is 9.53 Å². The second-order valence-electron chi connectivity index (χ2n) is 3.79. The highest BCUT2D eigenvalue weighted by atomic mass is 16.5. The smallest absolute Gasteiger partial charge is 0.213 e. The van der Waals surface area contributed by atoms with Gasteiger partial charge in [-0.1, -0.05) is 6.42 Å². The molecule has 0 aromatic rings. The van der Waals surface area contributed by atoms with Gasteiger partial charge in [0.25, 0.3) is 0 Å². The molecule has 2 aliphatic rings. The fourth-order valence-corrected chi connectivity index (χ4v) is 1.77. The molecule has 0 aromatic heterocycles. The molecule has 13 heavy (non-hydrogen) atoms. The van der Waals surface area contributed by atoms with Crippen LogP contribution in [-0.4, -0.2) is 18.4 Å². The summed E-state index contributed by atoms with van der Waals surface area (Å²) in [5.74, 6) is 0.902. The number of Topliss-reactive ketones (excluding diaryl/α,β-unsaturated/α-hetero) is 1. The van der Waals surface area contributed by atoms with E-state index < -0.39 is 0 Å². The lowest BCUT2D eigenvalue weighted by atomic mass is 9.78. The van der Waals surface area contributed by atoms with Gasteiger partial charge in [-0.05, 0) is 24.8 Å². The molecule has 2 rings (SSSR count). The topological polar surface area (TPSA) is 52.3 Å². The van der Waals surface area contributed by atoms with Gasteiger partial charge in [-0.25, -0.2) is 0 Å². The maximum Gasteiger partial charge on any atom is 0.213 e. The molecule has 0 amide bonds. The number of hydrogen-bond acceptors (Lipinski definition) is 3. The van der Waals surface area contributed by atoms with Crippen molar-refractivity contribution in [2.45, 2.75) is 31.7 Å². The summed E-state index contributed by atoms with van der Waals surface area (Å²) in [5.41, 5.74) is 5.83. The molecule has 0 saturated heterocycles. The van der Waals surface area contributed by atoms with Gasteiger partial charge in [0.15, 0.2) is 5.76 Å². The third kappa shape index (κ3) is 1.61. The molecular weight excluding hydrogens is 166 g/mol. The number of rotatable bonds is 3. The van der Waals surface area contributed by atoms with Gasteiger partial charge in [0.2, 0.25) is 5.78 Å². The van der Waals surface area contributed by atoms with Crippen LogP contribution in [0.4, 0.5) is 0 Å². The Labute approximate surface area is 77.9 Å². The molecule has 1 saturated carbocycles. The fraction of sp³-hybridized carbons (Fsp3) is 0.700. The number of hydrogen-bond donors (Lipinski definition) is 1. The van der Waals surface area contributed by atoms with Crippen LogP contribution in [0.1, 0.15) is 25.7 Å². The van der Waals surface area contributed by atoms with Gasteiger partial charge in [-0.3, -0.25) is 4.79 Å². The minimum Gasteiger partial charge on any atom is -0.490 e. The zero-order valence-electron chi connectivity index (χ0n) is 7.66. The van der Waals surface area contributed by atoms with Crippen LogP contribution in [0.25, 0.3) is 0 Å². The highest BCUT2D eigenvalue weighted by molar-refractivity contribution is 5.98. The number of carbonyl (C=O) groups is 1. The van der Waals surface area contributed by atoms with Crippen LogP contribution in [0.2, 0.25) is 0 Å². The first kappa shape index (κ1) is 8.75. The molecule has 0 radical (unpaired) electrons. The number of ether oxygens (including phenoxy) is 1. The van der Waals surface area contributed by atoms with Crippen LogP contribution in [0, 0.1) is 5.92 Å². The van der Waals surface area contributed by atoms with Crippen LogP contribution in [0.3, 0.4) is 0 Å². The first-order chi connectivity index (χ1) is 6.29. The Bertz CT molecular complexity index is 243. The van der Waals surface area contributed by atoms with Crippen molar-refractivity contribution in [3.05, 3.63) is 11.8 Å². The van der Waals surface area contributed by atoms with Crippen LogP contribution in [-0.2, 0) is 9.53 Å². The SMILES string of the molecule is NC(C(=O)C1=CCCO1)C1CCC1. The highest BCUT2D eigenvalue weighted by Crippen LogP contribution is 2.30. The predicted molar refractivity (Wildman–Crippen MR) is 49.0 cm³/mol. The summed E-state index contributed by atoms with van der Waals surface area (Å²) >= 11 is 0. The molecule has 1 aliphatic heterocycles. The van der Waals surface area contributed by atoms with Crippen LogP contribution in [0.15, 0.2) is 11.8 Å². The molecule has 72 valence electrons. The molecule has 1 atom stereocenters. The van der Waals surface area contributed by atoms with E-state index in [9.17, 15) is 4.79 Å². The lowest BCUT2D eigenvalue weighted by molar-refractivity contribution is -0.121. The first-order valence-electron chi connectivity index (χ1n) is 4.92. The second-order valence-corrected chi connectivity index (χ2v) is 3.79. The van der Waals surface area contributed by atoms with Crippen molar-refractivity contribution in [3.8, 4) is 0 Å². The quantitative estimate of drug-likeness (QED) is 0.706. The van der Waals surface area contributed by atoms with Gasteiger partial charge in [0, 0.05) is 6.42 Å². The maximum atomic E-state index is 11.7. The van der Waals surface area contributed by atoms with E-state index in [2.05, 4.69) is 0 Å². The zero-order chi connectivity index (χ0) is 9.26. The number of ketones is 1. The summed E-state index contributed by atoms with van der Waals surface area (Å²) in [6, 6.07) is -0.321. The molecule has 3 heteroatoms. The minimum absolute atomic E-state index is 0.00204. The Kier molecular flexibility index (Phi) is 2.36. The predicted octanol–water partition coefficient (Wildman–Crippen LogP) is 0.987. The third-order valence-corrected chi connectivity index (χ3v) is 2.91. The molecule has 1 unspecified atom stereocenters. The summed E-state index contributed by atoms with van der Waals surface area (Å²) in [4.78, 5) is 11.7. The molecular formula is C10H15NO2. The van der Waals surface area contributed by atoms with Gasteiger partial charge in [-0.15, -0.1) is 0 Å². The Hall–Kier alpha value is -0.830. The number of nitrogens with two attached hydrogens (primary N) is 1. The summed E-state index contributed by atoms with van der Waals surface area (Å²) < 4.78 is 5.19. The van der Waals surface area contributed by atoms with Crippen molar-refractivity contribution in [2.75, 3.05) is 6.61 Å². The van der Waals surface area contributed by atoms with E-state index in [0.29, 0.717) is 18.3 Å². The largest absolute Gasteiger partial charge is 0.490 e. The van der Waals surface area contributed by atoms with E-state index in [1.165, 1.54) is 6.42 Å². The molecule has 3 nitrogen and oxygen atoms in total. The summed E-state index contributed by atoms with van der Waals surface area (Å²) in [7, 11) is 0. The van der Waals surface area contributed by atoms with Crippen molar-refractivity contribution in [1.29, 1.82) is 0 Å². The molecule has 2 N–H and O–H groups in total. The molecule has 1 aliphatic carbocycles. The average molecular weight is 181 g/mol. The van der Waals surface area contributed by atoms with Crippen LogP contribution in [0.5, 0.6) is 0 Å². The van der Waals surface area contributed by atoms with Gasteiger partial charge in [-0.2, -0.15) is 0 Å². The van der Waals surface area contributed by atoms with Gasteiger partial charge in [0.05, 0.1) is 12.6 Å². The standard InChI is InChI=1S/C10H15NO2/c11-9(7-3-1-4-7)10(12)8-5-2-6-13-8/h5,7,9H,1-4,6,11H2. The van der Waals surface area contributed by atoms with E-state index in [1.54, 1.807) is 0 Å². The normalized spacial score (nSPS) is 24.5. The fourth-order valence-electron chi connectivity index (χ4n) is 1.77. The van der Waals surface area contributed by atoms with Crippen LogP contribution >= 0.6 is 0 Å². The lowest BCUT2D eigenvalue weighted by Crippen LogP contribution is -2.42. The van der Waals surface area contributed by atoms with E-state index in [0.717, 1.165) is 19.3 Å². The minimum atomic E-state index is -0.321. The Morgan fingerprint density at radius 2 is 2.38 bits per heavy atom. The maximum absolute atomic E-state index is 11.7. The molecule has 0 bridgehead atoms.